The van der Waals surface area contributed by atoms with Crippen LogP contribution >= 0.6 is 0 Å². The lowest BCUT2D eigenvalue weighted by atomic mass is 10.1. The number of carbonyl (C=O) groups is 1. The number of carbonyl (C=O) groups excluding carboxylic acids is 1. The molecule has 0 atom stereocenters. The summed E-state index contributed by atoms with van der Waals surface area (Å²) in [6.07, 6.45) is 3.12. The number of nitriles is 1. The molecule has 3 aromatic rings. The zero-order chi connectivity index (χ0) is 20.9. The number of nitrogens with zero attached hydrogens (tertiary/aromatic N) is 2. The van der Waals surface area contributed by atoms with Gasteiger partial charge in [-0.05, 0) is 48.0 Å². The zero-order valence-corrected chi connectivity index (χ0v) is 15.8. The summed E-state index contributed by atoms with van der Waals surface area (Å²) < 4.78 is 40.5. The van der Waals surface area contributed by atoms with E-state index in [0.29, 0.717) is 16.8 Å². The van der Waals surface area contributed by atoms with E-state index in [2.05, 4.69) is 15.0 Å². The maximum Gasteiger partial charge on any atom is 0.255 e. The molecule has 0 aliphatic rings. The van der Waals surface area contributed by atoms with Crippen molar-refractivity contribution < 1.29 is 17.6 Å². The summed E-state index contributed by atoms with van der Waals surface area (Å²) in [5.41, 5.74) is 1.23. The van der Waals surface area contributed by atoms with Gasteiger partial charge in [-0.15, -0.1) is 0 Å². The van der Waals surface area contributed by atoms with Gasteiger partial charge in [0.05, 0.1) is 22.3 Å². The summed E-state index contributed by atoms with van der Waals surface area (Å²) in [7, 11) is -3.93. The number of rotatable bonds is 6. The molecule has 1 aromatic heterocycles. The Bertz CT molecular complexity index is 1170. The number of hydrogen-bond donors (Lipinski definition) is 2. The zero-order valence-electron chi connectivity index (χ0n) is 15.0. The standard InChI is InChI=1S/C20H15FN4O3S/c21-19-8-7-18(10-16(19)11-22)29(27,28)24-12-14-3-5-15(6-4-14)20(26)25-17-2-1-9-23-13-17/h1-10,13,24H,12H2,(H,25,26). The van der Waals surface area contributed by atoms with Gasteiger partial charge in [-0.1, -0.05) is 12.1 Å². The molecule has 0 radical (unpaired) electrons. The van der Waals surface area contributed by atoms with Crippen LogP contribution in [0.3, 0.4) is 0 Å². The lowest BCUT2D eigenvalue weighted by Crippen LogP contribution is -2.23. The predicted molar refractivity (Wildman–Crippen MR) is 104 cm³/mol. The van der Waals surface area contributed by atoms with E-state index in [1.54, 1.807) is 48.7 Å². The normalized spacial score (nSPS) is 10.9. The third-order valence-corrected chi connectivity index (χ3v) is 5.37. The molecule has 2 aromatic carbocycles. The number of hydrogen-bond acceptors (Lipinski definition) is 5. The molecule has 7 nitrogen and oxygen atoms in total. The molecule has 0 fully saturated rings. The molecule has 0 aliphatic carbocycles. The summed E-state index contributed by atoms with van der Waals surface area (Å²) in [4.78, 5) is 15.9. The molecule has 9 heteroatoms. The molecule has 0 aliphatic heterocycles. The van der Waals surface area contributed by atoms with Gasteiger partial charge >= 0.3 is 0 Å². The van der Waals surface area contributed by atoms with Crippen molar-refractivity contribution in [3.63, 3.8) is 0 Å². The van der Waals surface area contributed by atoms with Crippen LogP contribution in [0.25, 0.3) is 0 Å². The highest BCUT2D eigenvalue weighted by molar-refractivity contribution is 7.89. The number of anilines is 1. The number of nitrogens with one attached hydrogen (secondary N) is 2. The van der Waals surface area contributed by atoms with Crippen LogP contribution in [0.4, 0.5) is 10.1 Å². The maximum atomic E-state index is 13.4. The molecule has 2 N–H and O–H groups in total. The van der Waals surface area contributed by atoms with Crippen LogP contribution < -0.4 is 10.0 Å². The molecule has 1 amide bonds. The van der Waals surface area contributed by atoms with Crippen molar-refractivity contribution >= 4 is 21.6 Å². The van der Waals surface area contributed by atoms with Gasteiger partial charge in [-0.3, -0.25) is 9.78 Å². The van der Waals surface area contributed by atoms with E-state index in [9.17, 15) is 17.6 Å². The first-order chi connectivity index (χ1) is 13.9. The molecule has 3 rings (SSSR count). The summed E-state index contributed by atoms with van der Waals surface area (Å²) >= 11 is 0. The highest BCUT2D eigenvalue weighted by atomic mass is 32.2. The lowest BCUT2D eigenvalue weighted by molar-refractivity contribution is 0.102. The monoisotopic (exact) mass is 410 g/mol. The van der Waals surface area contributed by atoms with Crippen LogP contribution in [-0.2, 0) is 16.6 Å². The van der Waals surface area contributed by atoms with E-state index >= 15 is 0 Å². The molecule has 0 saturated heterocycles. The van der Waals surface area contributed by atoms with Crippen molar-refractivity contribution in [3.8, 4) is 6.07 Å². The number of amides is 1. The second kappa shape index (κ2) is 8.60. The number of sulfonamides is 1. The van der Waals surface area contributed by atoms with Gasteiger partial charge in [-0.25, -0.2) is 17.5 Å². The van der Waals surface area contributed by atoms with Gasteiger partial charge in [0.2, 0.25) is 10.0 Å². The van der Waals surface area contributed by atoms with Crippen molar-refractivity contribution in [1.82, 2.24) is 9.71 Å². The van der Waals surface area contributed by atoms with E-state index in [4.69, 9.17) is 5.26 Å². The van der Waals surface area contributed by atoms with Gasteiger partial charge < -0.3 is 5.32 Å². The van der Waals surface area contributed by atoms with Gasteiger partial charge in [0.1, 0.15) is 11.9 Å². The first kappa shape index (κ1) is 20.1. The van der Waals surface area contributed by atoms with E-state index in [0.717, 1.165) is 18.2 Å². The Morgan fingerprint density at radius 3 is 2.55 bits per heavy atom. The van der Waals surface area contributed by atoms with Crippen LogP contribution in [0.15, 0.2) is 71.9 Å². The number of aromatic nitrogens is 1. The minimum absolute atomic E-state index is 0.0356. The van der Waals surface area contributed by atoms with Crippen LogP contribution in [0.2, 0.25) is 0 Å². The first-order valence-corrected chi connectivity index (χ1v) is 9.87. The van der Waals surface area contributed by atoms with Crippen LogP contribution in [0, 0.1) is 17.1 Å². The fraction of sp³-hybridized carbons (Fsp3) is 0.0500. The largest absolute Gasteiger partial charge is 0.321 e. The predicted octanol–water partition coefficient (Wildman–Crippen LogP) is 2.82. The van der Waals surface area contributed by atoms with Gasteiger partial charge in [0, 0.05) is 18.3 Å². The van der Waals surface area contributed by atoms with Crippen molar-refractivity contribution in [3.05, 3.63) is 89.5 Å². The number of halogens is 1. The summed E-state index contributed by atoms with van der Waals surface area (Å²) in [5, 5.41) is 11.5. The van der Waals surface area contributed by atoms with Crippen molar-refractivity contribution in [1.29, 1.82) is 5.26 Å². The first-order valence-electron chi connectivity index (χ1n) is 8.39. The summed E-state index contributed by atoms with van der Waals surface area (Å²) in [5.74, 6) is -1.10. The fourth-order valence-electron chi connectivity index (χ4n) is 2.43. The van der Waals surface area contributed by atoms with E-state index in [1.165, 1.54) is 6.20 Å². The lowest BCUT2D eigenvalue weighted by Gasteiger charge is -2.09. The maximum absolute atomic E-state index is 13.4. The molecular formula is C20H15FN4O3S. The molecule has 0 spiro atoms. The second-order valence-corrected chi connectivity index (χ2v) is 7.74. The highest BCUT2D eigenvalue weighted by Crippen LogP contribution is 2.15. The number of benzene rings is 2. The minimum Gasteiger partial charge on any atom is -0.321 e. The average Bonchev–Trinajstić information content (AvgIpc) is 2.73. The Labute approximate surface area is 166 Å². The Hall–Kier alpha value is -3.61. The molecule has 0 saturated carbocycles. The summed E-state index contributed by atoms with van der Waals surface area (Å²) in [6, 6.07) is 14.4. The SMILES string of the molecule is N#Cc1cc(S(=O)(=O)NCc2ccc(C(=O)Nc3cccnc3)cc2)ccc1F. The Morgan fingerprint density at radius 1 is 1.14 bits per heavy atom. The van der Waals surface area contributed by atoms with Gasteiger partial charge in [0.25, 0.3) is 5.91 Å². The van der Waals surface area contributed by atoms with E-state index in [-0.39, 0.29) is 22.9 Å². The van der Waals surface area contributed by atoms with Crippen LogP contribution in [-0.4, -0.2) is 19.3 Å². The summed E-state index contributed by atoms with van der Waals surface area (Å²) in [6.45, 7) is -0.0356. The molecule has 1 heterocycles. The minimum atomic E-state index is -3.93. The fourth-order valence-corrected chi connectivity index (χ4v) is 3.48. The number of pyridine rings is 1. The van der Waals surface area contributed by atoms with E-state index < -0.39 is 15.8 Å². The average molecular weight is 410 g/mol. The third-order valence-electron chi connectivity index (χ3n) is 3.97. The Kier molecular flexibility index (Phi) is 5.97. The van der Waals surface area contributed by atoms with Crippen molar-refractivity contribution in [2.45, 2.75) is 11.4 Å². The topological polar surface area (TPSA) is 112 Å². The van der Waals surface area contributed by atoms with Crippen molar-refractivity contribution in [2.75, 3.05) is 5.32 Å². The quantitative estimate of drug-likeness (QED) is 0.649. The Balaban J connectivity index is 1.65. The molecule has 146 valence electrons. The molecular weight excluding hydrogens is 395 g/mol. The molecule has 0 bridgehead atoms. The van der Waals surface area contributed by atoms with Crippen molar-refractivity contribution in [2.24, 2.45) is 0 Å². The van der Waals surface area contributed by atoms with Crippen LogP contribution in [0.5, 0.6) is 0 Å². The molecule has 29 heavy (non-hydrogen) atoms. The van der Waals surface area contributed by atoms with Gasteiger partial charge in [-0.2, -0.15) is 5.26 Å². The second-order valence-electron chi connectivity index (χ2n) is 5.97. The Morgan fingerprint density at radius 2 is 1.90 bits per heavy atom. The van der Waals surface area contributed by atoms with Gasteiger partial charge in [0.15, 0.2) is 0 Å². The smallest absolute Gasteiger partial charge is 0.255 e. The highest BCUT2D eigenvalue weighted by Gasteiger charge is 2.16. The third kappa shape index (κ3) is 5.01. The molecule has 0 unspecified atom stereocenters. The van der Waals surface area contributed by atoms with E-state index in [1.807, 2.05) is 0 Å². The van der Waals surface area contributed by atoms with Crippen LogP contribution in [0.1, 0.15) is 21.5 Å².